The van der Waals surface area contributed by atoms with Crippen molar-refractivity contribution in [3.8, 4) is 22.8 Å². The normalized spacial score (nSPS) is 17.1. The molecule has 5 rings (SSSR count). The number of rotatable bonds is 3. The third kappa shape index (κ3) is 3.62. The highest BCUT2D eigenvalue weighted by atomic mass is 35.5. The molecular weight excluding hydrogens is 430 g/mol. The number of Topliss-reactive ketones (excluding diaryl/α,β-unsaturated/α-hetero) is 1. The molecule has 0 atom stereocenters. The molecule has 2 aliphatic rings. The van der Waals surface area contributed by atoms with E-state index in [1.54, 1.807) is 18.3 Å². The van der Waals surface area contributed by atoms with E-state index in [4.69, 9.17) is 21.1 Å². The highest BCUT2D eigenvalue weighted by molar-refractivity contribution is 6.31. The average molecular weight is 452 g/mol. The molecule has 0 radical (unpaired) electrons. The lowest BCUT2D eigenvalue weighted by Crippen LogP contribution is -2.52. The van der Waals surface area contributed by atoms with E-state index in [-0.39, 0.29) is 18.1 Å². The number of likely N-dealkylation sites (tertiary alicyclic amines) is 1. The summed E-state index contributed by atoms with van der Waals surface area (Å²) in [5, 5.41) is 7.35. The van der Waals surface area contributed by atoms with Gasteiger partial charge in [0.15, 0.2) is 5.78 Å². The number of hydrogen-bond acceptors (Lipinski definition) is 5. The fourth-order valence-electron chi connectivity index (χ4n) is 4.54. The molecule has 3 aromatic rings. The van der Waals surface area contributed by atoms with Gasteiger partial charge in [0.05, 0.1) is 19.2 Å². The SMILES string of the molecule is COc1cc(Cl)cc2c1C(=O)CC1(CCN(C(=O)c3cccc(-c4ccn[nH]4)c3)CC1)O2. The molecular formula is C24H22ClN3O4. The number of ether oxygens (including phenoxy) is 2. The van der Waals surface area contributed by atoms with Crippen LogP contribution in [0.1, 0.15) is 40.0 Å². The van der Waals surface area contributed by atoms with Crippen molar-refractivity contribution >= 4 is 23.3 Å². The van der Waals surface area contributed by atoms with E-state index in [9.17, 15) is 9.59 Å². The number of aromatic nitrogens is 2. The molecule has 0 aliphatic carbocycles. The van der Waals surface area contributed by atoms with Crippen molar-refractivity contribution in [1.29, 1.82) is 0 Å². The highest BCUT2D eigenvalue weighted by Crippen LogP contribution is 2.44. The van der Waals surface area contributed by atoms with Crippen LogP contribution >= 0.6 is 11.6 Å². The van der Waals surface area contributed by atoms with Crippen LogP contribution in [0.15, 0.2) is 48.7 Å². The fourth-order valence-corrected chi connectivity index (χ4v) is 4.74. The third-order valence-electron chi connectivity index (χ3n) is 6.22. The van der Waals surface area contributed by atoms with Crippen molar-refractivity contribution in [2.75, 3.05) is 20.2 Å². The van der Waals surface area contributed by atoms with Gasteiger partial charge in [-0.25, -0.2) is 0 Å². The Hall–Kier alpha value is -3.32. The van der Waals surface area contributed by atoms with Gasteiger partial charge in [-0.2, -0.15) is 5.10 Å². The van der Waals surface area contributed by atoms with E-state index in [1.165, 1.54) is 7.11 Å². The van der Waals surface area contributed by atoms with Crippen molar-refractivity contribution in [1.82, 2.24) is 15.1 Å². The monoisotopic (exact) mass is 451 g/mol. The van der Waals surface area contributed by atoms with Crippen LogP contribution < -0.4 is 9.47 Å². The number of nitrogens with one attached hydrogen (secondary N) is 1. The summed E-state index contributed by atoms with van der Waals surface area (Å²) in [6.07, 6.45) is 3.08. The summed E-state index contributed by atoms with van der Waals surface area (Å²) in [4.78, 5) is 27.9. The van der Waals surface area contributed by atoms with E-state index >= 15 is 0 Å². The summed E-state index contributed by atoms with van der Waals surface area (Å²) < 4.78 is 11.7. The van der Waals surface area contributed by atoms with E-state index in [1.807, 2.05) is 35.2 Å². The Balaban J connectivity index is 1.32. The van der Waals surface area contributed by atoms with Crippen LogP contribution in [0.25, 0.3) is 11.3 Å². The largest absolute Gasteiger partial charge is 0.496 e. The minimum absolute atomic E-state index is 0.0215. The zero-order chi connectivity index (χ0) is 22.3. The smallest absolute Gasteiger partial charge is 0.253 e. The maximum atomic E-state index is 13.1. The Morgan fingerprint density at radius 2 is 2.03 bits per heavy atom. The summed E-state index contributed by atoms with van der Waals surface area (Å²) in [6.45, 7) is 1.01. The highest BCUT2D eigenvalue weighted by Gasteiger charge is 2.44. The molecule has 7 nitrogen and oxygen atoms in total. The molecule has 1 spiro atoms. The predicted octanol–water partition coefficient (Wildman–Crippen LogP) is 4.38. The molecule has 1 fully saturated rings. The van der Waals surface area contributed by atoms with Crippen molar-refractivity contribution < 1.29 is 19.1 Å². The quantitative estimate of drug-likeness (QED) is 0.638. The first kappa shape index (κ1) is 20.6. The first-order chi connectivity index (χ1) is 15.5. The summed E-state index contributed by atoms with van der Waals surface area (Å²) in [7, 11) is 1.51. The maximum absolute atomic E-state index is 13.1. The molecule has 1 saturated heterocycles. The van der Waals surface area contributed by atoms with Gasteiger partial charge in [0.2, 0.25) is 0 Å². The molecule has 32 heavy (non-hydrogen) atoms. The third-order valence-corrected chi connectivity index (χ3v) is 6.44. The number of aromatic amines is 1. The van der Waals surface area contributed by atoms with E-state index in [2.05, 4.69) is 10.2 Å². The van der Waals surface area contributed by atoms with Gasteiger partial charge in [0.25, 0.3) is 5.91 Å². The Kier molecular flexibility index (Phi) is 5.13. The molecule has 2 aliphatic heterocycles. The minimum atomic E-state index is -0.631. The minimum Gasteiger partial charge on any atom is -0.496 e. The molecule has 1 aromatic heterocycles. The second kappa shape index (κ2) is 7.98. The summed E-state index contributed by atoms with van der Waals surface area (Å²) in [5.41, 5.74) is 2.20. The topological polar surface area (TPSA) is 84.5 Å². The summed E-state index contributed by atoms with van der Waals surface area (Å²) in [6, 6.07) is 12.6. The molecule has 0 unspecified atom stereocenters. The molecule has 2 aromatic carbocycles. The van der Waals surface area contributed by atoms with Crippen molar-refractivity contribution in [2.24, 2.45) is 0 Å². The van der Waals surface area contributed by atoms with Crippen LogP contribution in [-0.4, -0.2) is 52.6 Å². The number of amides is 1. The number of carbonyl (C=O) groups excluding carboxylic acids is 2. The first-order valence-corrected chi connectivity index (χ1v) is 10.8. The number of hydrogen-bond donors (Lipinski definition) is 1. The second-order valence-electron chi connectivity index (χ2n) is 8.21. The second-order valence-corrected chi connectivity index (χ2v) is 8.65. The number of benzene rings is 2. The Morgan fingerprint density at radius 3 is 2.75 bits per heavy atom. The van der Waals surface area contributed by atoms with Crippen molar-refractivity contribution in [3.05, 3.63) is 64.8 Å². The standard InChI is InChI=1S/C24H22ClN3O4/c1-31-20-12-17(25)13-21-22(20)19(29)14-24(32-21)6-9-28(10-7-24)23(30)16-4-2-3-15(11-16)18-5-8-26-27-18/h2-5,8,11-13H,6-7,9-10,14H2,1H3,(H,26,27). The van der Waals surface area contributed by atoms with Crippen molar-refractivity contribution in [2.45, 2.75) is 24.9 Å². The number of methoxy groups -OCH3 is 1. The van der Waals surface area contributed by atoms with Crippen LogP contribution in [-0.2, 0) is 0 Å². The van der Waals surface area contributed by atoms with Crippen LogP contribution in [0.2, 0.25) is 5.02 Å². The number of carbonyl (C=O) groups is 2. The molecule has 1 N–H and O–H groups in total. The number of halogens is 1. The van der Waals surface area contributed by atoms with Gasteiger partial charge in [0, 0.05) is 48.3 Å². The summed E-state index contributed by atoms with van der Waals surface area (Å²) in [5.74, 6) is 0.829. The van der Waals surface area contributed by atoms with E-state index in [0.717, 1.165) is 11.3 Å². The van der Waals surface area contributed by atoms with Gasteiger partial charge >= 0.3 is 0 Å². The average Bonchev–Trinajstić information content (AvgIpc) is 3.33. The van der Waals surface area contributed by atoms with Crippen LogP contribution in [0, 0.1) is 0 Å². The van der Waals surface area contributed by atoms with Crippen LogP contribution in [0.3, 0.4) is 0 Å². The zero-order valence-corrected chi connectivity index (χ0v) is 18.3. The maximum Gasteiger partial charge on any atom is 0.253 e. The molecule has 0 bridgehead atoms. The molecule has 3 heterocycles. The molecule has 1 amide bonds. The fraction of sp³-hybridized carbons (Fsp3) is 0.292. The zero-order valence-electron chi connectivity index (χ0n) is 17.6. The molecule has 164 valence electrons. The Labute approximate surface area is 190 Å². The predicted molar refractivity (Wildman–Crippen MR) is 119 cm³/mol. The number of nitrogens with zero attached hydrogens (tertiary/aromatic N) is 2. The lowest BCUT2D eigenvalue weighted by Gasteiger charge is -2.44. The number of piperidine rings is 1. The number of ketones is 1. The molecule has 0 saturated carbocycles. The number of fused-ring (bicyclic) bond motifs is 1. The lowest BCUT2D eigenvalue weighted by molar-refractivity contribution is -0.00598. The van der Waals surface area contributed by atoms with Gasteiger partial charge in [-0.15, -0.1) is 0 Å². The Morgan fingerprint density at radius 1 is 1.22 bits per heavy atom. The van der Waals surface area contributed by atoms with Crippen LogP contribution in [0.5, 0.6) is 11.5 Å². The van der Waals surface area contributed by atoms with Gasteiger partial charge in [0.1, 0.15) is 22.7 Å². The van der Waals surface area contributed by atoms with Gasteiger partial charge in [-0.3, -0.25) is 14.7 Å². The van der Waals surface area contributed by atoms with Crippen LogP contribution in [0.4, 0.5) is 0 Å². The van der Waals surface area contributed by atoms with E-state index < -0.39 is 5.60 Å². The van der Waals surface area contributed by atoms with Crippen molar-refractivity contribution in [3.63, 3.8) is 0 Å². The summed E-state index contributed by atoms with van der Waals surface area (Å²) >= 11 is 6.19. The van der Waals surface area contributed by atoms with Gasteiger partial charge < -0.3 is 14.4 Å². The van der Waals surface area contributed by atoms with Gasteiger partial charge in [-0.1, -0.05) is 23.7 Å². The van der Waals surface area contributed by atoms with Gasteiger partial charge in [-0.05, 0) is 30.3 Å². The Bertz CT molecular complexity index is 1180. The molecule has 8 heteroatoms. The van der Waals surface area contributed by atoms with E-state index in [0.29, 0.717) is 53.6 Å². The number of H-pyrrole nitrogens is 1. The lowest BCUT2D eigenvalue weighted by atomic mass is 9.82. The first-order valence-electron chi connectivity index (χ1n) is 10.5.